The Hall–Kier alpha value is -3.55. The van der Waals surface area contributed by atoms with Crippen LogP contribution in [0.2, 0.25) is 0 Å². The molecule has 1 saturated carbocycles. The van der Waals surface area contributed by atoms with Crippen molar-refractivity contribution in [1.29, 1.82) is 0 Å². The number of ether oxygens (including phenoxy) is 2. The van der Waals surface area contributed by atoms with Crippen molar-refractivity contribution in [3.05, 3.63) is 59.2 Å². The minimum atomic E-state index is -1.14. The normalized spacial score (nSPS) is 17.9. The molecule has 0 aromatic heterocycles. The Kier molecular flexibility index (Phi) is 6.98. The van der Waals surface area contributed by atoms with Crippen molar-refractivity contribution in [1.82, 2.24) is 4.90 Å². The van der Waals surface area contributed by atoms with Gasteiger partial charge in [-0.25, -0.2) is 4.79 Å². The van der Waals surface area contributed by atoms with Crippen LogP contribution in [0.25, 0.3) is 0 Å². The Morgan fingerprint density at radius 2 is 1.69 bits per heavy atom. The Morgan fingerprint density at radius 1 is 1.03 bits per heavy atom. The summed E-state index contributed by atoms with van der Waals surface area (Å²) in [6.45, 7) is 6.94. The van der Waals surface area contributed by atoms with E-state index in [-0.39, 0.29) is 17.7 Å². The van der Waals surface area contributed by atoms with E-state index >= 15 is 0 Å². The molecular formula is C28H35N3O5. The minimum absolute atomic E-state index is 0.126. The summed E-state index contributed by atoms with van der Waals surface area (Å²) >= 11 is 0. The van der Waals surface area contributed by atoms with Crippen LogP contribution in [0.3, 0.4) is 0 Å². The highest BCUT2D eigenvalue weighted by Crippen LogP contribution is 2.45. The van der Waals surface area contributed by atoms with E-state index in [1.54, 1.807) is 12.0 Å². The standard InChI is InChI=1S/C28H35N3O5/c1-18(2)20-7-5-6-8-21(20)27(24(32)30-22-10-9-19(3)17-23(22)35-4)13-15-31(16-14-27)25(33)28(11-12-28)36-26(29)34/h5-10,17-18H,11-16H2,1-4H3,(H2,29,34)(H,30,32). The molecule has 2 aromatic rings. The van der Waals surface area contributed by atoms with E-state index in [1.807, 2.05) is 43.3 Å². The molecule has 8 nitrogen and oxygen atoms in total. The molecule has 0 radical (unpaired) electrons. The van der Waals surface area contributed by atoms with Crippen LogP contribution < -0.4 is 15.8 Å². The van der Waals surface area contributed by atoms with Gasteiger partial charge in [-0.2, -0.15) is 0 Å². The topological polar surface area (TPSA) is 111 Å². The highest BCUT2D eigenvalue weighted by atomic mass is 16.6. The monoisotopic (exact) mass is 493 g/mol. The van der Waals surface area contributed by atoms with E-state index < -0.39 is 17.1 Å². The molecule has 0 atom stereocenters. The first-order chi connectivity index (χ1) is 17.1. The van der Waals surface area contributed by atoms with Gasteiger partial charge in [-0.05, 0) is 54.5 Å². The zero-order valence-corrected chi connectivity index (χ0v) is 21.4. The van der Waals surface area contributed by atoms with Gasteiger partial charge < -0.3 is 25.4 Å². The number of carbonyl (C=O) groups is 3. The number of piperidine rings is 1. The van der Waals surface area contributed by atoms with Crippen molar-refractivity contribution in [2.45, 2.75) is 63.4 Å². The first-order valence-corrected chi connectivity index (χ1v) is 12.5. The molecular weight excluding hydrogens is 458 g/mol. The van der Waals surface area contributed by atoms with Gasteiger partial charge in [-0.1, -0.05) is 44.2 Å². The molecule has 0 bridgehead atoms. The molecule has 1 heterocycles. The average molecular weight is 494 g/mol. The largest absolute Gasteiger partial charge is 0.495 e. The molecule has 1 saturated heterocycles. The van der Waals surface area contributed by atoms with Crippen molar-refractivity contribution in [3.8, 4) is 5.75 Å². The third kappa shape index (κ3) is 4.76. The summed E-state index contributed by atoms with van der Waals surface area (Å²) in [6, 6.07) is 13.7. The minimum Gasteiger partial charge on any atom is -0.495 e. The van der Waals surface area contributed by atoms with Crippen molar-refractivity contribution >= 4 is 23.6 Å². The molecule has 0 unspecified atom stereocenters. The van der Waals surface area contributed by atoms with Crippen molar-refractivity contribution < 1.29 is 23.9 Å². The first-order valence-electron chi connectivity index (χ1n) is 12.5. The van der Waals surface area contributed by atoms with Gasteiger partial charge in [0.05, 0.1) is 18.2 Å². The maximum Gasteiger partial charge on any atom is 0.405 e. The number of amides is 3. The van der Waals surface area contributed by atoms with E-state index in [9.17, 15) is 14.4 Å². The van der Waals surface area contributed by atoms with Crippen molar-refractivity contribution in [2.75, 3.05) is 25.5 Å². The number of benzene rings is 2. The van der Waals surface area contributed by atoms with Crippen molar-refractivity contribution in [2.24, 2.45) is 5.73 Å². The number of rotatable bonds is 7. The fourth-order valence-corrected chi connectivity index (χ4v) is 5.24. The number of hydrogen-bond acceptors (Lipinski definition) is 5. The first kappa shape index (κ1) is 25.5. The number of primary amides is 1. The lowest BCUT2D eigenvalue weighted by Gasteiger charge is -2.43. The molecule has 3 amide bonds. The highest BCUT2D eigenvalue weighted by Gasteiger charge is 2.57. The van der Waals surface area contributed by atoms with Crippen LogP contribution in [0.4, 0.5) is 10.5 Å². The quantitative estimate of drug-likeness (QED) is 0.599. The number of anilines is 1. The summed E-state index contributed by atoms with van der Waals surface area (Å²) in [5.74, 6) is 0.465. The summed E-state index contributed by atoms with van der Waals surface area (Å²) in [7, 11) is 1.58. The van der Waals surface area contributed by atoms with Gasteiger partial charge in [0, 0.05) is 25.9 Å². The number of nitrogens with two attached hydrogens (primary N) is 1. The smallest absolute Gasteiger partial charge is 0.405 e. The van der Waals surface area contributed by atoms with E-state index in [1.165, 1.54) is 0 Å². The van der Waals surface area contributed by atoms with E-state index in [0.717, 1.165) is 16.7 Å². The zero-order valence-electron chi connectivity index (χ0n) is 21.4. The summed E-state index contributed by atoms with van der Waals surface area (Å²) in [6.07, 6.45) is 0.884. The van der Waals surface area contributed by atoms with Crippen LogP contribution >= 0.6 is 0 Å². The highest BCUT2D eigenvalue weighted by molar-refractivity contribution is 6.01. The maximum absolute atomic E-state index is 14.1. The average Bonchev–Trinajstić information content (AvgIpc) is 3.64. The maximum atomic E-state index is 14.1. The predicted octanol–water partition coefficient (Wildman–Crippen LogP) is 4.25. The van der Waals surface area contributed by atoms with Gasteiger partial charge in [0.25, 0.3) is 5.91 Å². The van der Waals surface area contributed by atoms with Crippen LogP contribution in [0.15, 0.2) is 42.5 Å². The van der Waals surface area contributed by atoms with Gasteiger partial charge >= 0.3 is 6.09 Å². The molecule has 2 aliphatic rings. The summed E-state index contributed by atoms with van der Waals surface area (Å²) < 4.78 is 10.7. The van der Waals surface area contributed by atoms with Crippen molar-refractivity contribution in [3.63, 3.8) is 0 Å². The fraction of sp³-hybridized carbons (Fsp3) is 0.464. The fourth-order valence-electron chi connectivity index (χ4n) is 5.24. The molecule has 0 spiro atoms. The van der Waals surface area contributed by atoms with Gasteiger partial charge in [0.2, 0.25) is 5.91 Å². The predicted molar refractivity (Wildman–Crippen MR) is 137 cm³/mol. The lowest BCUT2D eigenvalue weighted by molar-refractivity contribution is -0.145. The number of aryl methyl sites for hydroxylation is 1. The lowest BCUT2D eigenvalue weighted by Crippen LogP contribution is -2.54. The summed E-state index contributed by atoms with van der Waals surface area (Å²) in [4.78, 5) is 40.3. The molecule has 4 rings (SSSR count). The number of carbonyl (C=O) groups excluding carboxylic acids is 3. The van der Waals surface area contributed by atoms with Crippen LogP contribution in [0.1, 0.15) is 62.1 Å². The summed E-state index contributed by atoms with van der Waals surface area (Å²) in [5, 5.41) is 3.12. The van der Waals surface area contributed by atoms with E-state index in [0.29, 0.717) is 50.2 Å². The van der Waals surface area contributed by atoms with Gasteiger partial charge in [0.15, 0.2) is 5.60 Å². The van der Waals surface area contributed by atoms with Gasteiger partial charge in [0.1, 0.15) is 5.75 Å². The molecule has 2 fully saturated rings. The third-order valence-electron chi connectivity index (χ3n) is 7.43. The zero-order chi connectivity index (χ0) is 26.1. The molecule has 2 aromatic carbocycles. The van der Waals surface area contributed by atoms with Crippen LogP contribution in [0.5, 0.6) is 5.75 Å². The third-order valence-corrected chi connectivity index (χ3v) is 7.43. The second kappa shape index (κ2) is 9.84. The van der Waals surface area contributed by atoms with E-state index in [4.69, 9.17) is 15.2 Å². The molecule has 1 aliphatic carbocycles. The Balaban J connectivity index is 1.66. The van der Waals surface area contributed by atoms with Crippen LogP contribution in [0, 0.1) is 6.92 Å². The number of nitrogens with zero attached hydrogens (tertiary/aromatic N) is 1. The Morgan fingerprint density at radius 3 is 2.28 bits per heavy atom. The van der Waals surface area contributed by atoms with Gasteiger partial charge in [-0.15, -0.1) is 0 Å². The molecule has 1 aliphatic heterocycles. The number of nitrogens with one attached hydrogen (secondary N) is 1. The Labute approximate surface area is 212 Å². The Bertz CT molecular complexity index is 1160. The second-order valence-corrected chi connectivity index (χ2v) is 10.2. The van der Waals surface area contributed by atoms with Gasteiger partial charge in [-0.3, -0.25) is 9.59 Å². The number of likely N-dealkylation sites (tertiary alicyclic amines) is 1. The number of hydrogen-bond donors (Lipinski definition) is 2. The SMILES string of the molecule is COc1cc(C)ccc1NC(=O)C1(c2ccccc2C(C)C)CCN(C(=O)C2(OC(N)=O)CC2)CC1. The van der Waals surface area contributed by atoms with Crippen LogP contribution in [-0.2, 0) is 19.7 Å². The molecule has 192 valence electrons. The molecule has 3 N–H and O–H groups in total. The second-order valence-electron chi connectivity index (χ2n) is 10.2. The summed E-state index contributed by atoms with van der Waals surface area (Å²) in [5.41, 5.74) is 6.95. The number of methoxy groups -OCH3 is 1. The lowest BCUT2D eigenvalue weighted by atomic mass is 9.69. The molecule has 36 heavy (non-hydrogen) atoms. The molecule has 8 heteroatoms. The van der Waals surface area contributed by atoms with Crippen LogP contribution in [-0.4, -0.2) is 48.6 Å². The van der Waals surface area contributed by atoms with E-state index in [2.05, 4.69) is 25.2 Å².